The fourth-order valence-electron chi connectivity index (χ4n) is 7.95. The molecule has 7 nitrogen and oxygen atoms in total. The number of hydrogen-bond acceptors (Lipinski definition) is 4. The zero-order valence-electron chi connectivity index (χ0n) is 23.1. The van der Waals surface area contributed by atoms with Gasteiger partial charge in [-0.3, -0.25) is 28.5 Å². The number of alkyl halides is 2. The van der Waals surface area contributed by atoms with Crippen LogP contribution in [0.1, 0.15) is 42.7 Å². The topological polar surface area (TPSA) is 90.5 Å². The smallest absolute Gasteiger partial charge is 0.238 e. The van der Waals surface area contributed by atoms with Gasteiger partial charge in [0.05, 0.1) is 24.4 Å². The second kappa shape index (κ2) is 10.1. The highest BCUT2D eigenvalue weighted by Gasteiger charge is 2.78. The number of benzene rings is 2. The van der Waals surface area contributed by atoms with Gasteiger partial charge >= 0.3 is 0 Å². The quantitative estimate of drug-likeness (QED) is 0.442. The molecule has 2 aliphatic heterocycles. The highest BCUT2D eigenvalue weighted by molar-refractivity contribution is 6.31. The van der Waals surface area contributed by atoms with E-state index < -0.39 is 59.3 Å². The maximum atomic E-state index is 15.9. The van der Waals surface area contributed by atoms with Crippen LogP contribution in [0.5, 0.6) is 0 Å². The molecule has 0 aromatic heterocycles. The molecule has 3 fully saturated rings. The lowest BCUT2D eigenvalue weighted by atomic mass is 9.46. The van der Waals surface area contributed by atoms with Gasteiger partial charge in [-0.05, 0) is 55.0 Å². The van der Waals surface area contributed by atoms with Crippen molar-refractivity contribution in [2.45, 2.75) is 54.6 Å². The molecule has 12 heteroatoms. The number of halogens is 5. The zero-order valence-corrected chi connectivity index (χ0v) is 24.6. The normalized spacial score (nSPS) is 29.9. The van der Waals surface area contributed by atoms with Crippen molar-refractivity contribution < 1.29 is 27.6 Å². The standard InChI is InChI=1S/C30H31Cl2F3N4O3/c1-39(2)26(41)15-8-17(9-15)36-25(40)24-22(18-4-3-5-20(32)23(18)35)30(29(38-24)11-28(12-29,13-33)14-34)19-7-6-16(31)10-21(19)37-27(30)42/h3-7,10,15,17,22,24,38H,8-9,11-14H2,1-2H3,(H,36,40)(H,37,42)/t15-,17-,22-,24+,30?/m0/s1. The van der Waals surface area contributed by atoms with Crippen molar-refractivity contribution >= 4 is 46.6 Å². The van der Waals surface area contributed by atoms with Crippen molar-refractivity contribution in [3.05, 3.63) is 63.4 Å². The van der Waals surface area contributed by atoms with Crippen LogP contribution in [0.15, 0.2) is 36.4 Å². The van der Waals surface area contributed by atoms with E-state index in [9.17, 15) is 23.2 Å². The molecule has 2 heterocycles. The van der Waals surface area contributed by atoms with Crippen LogP contribution in [0, 0.1) is 17.2 Å². The monoisotopic (exact) mass is 622 g/mol. The molecule has 2 aliphatic carbocycles. The highest BCUT2D eigenvalue weighted by Crippen LogP contribution is 2.68. The van der Waals surface area contributed by atoms with Crippen molar-refractivity contribution in [3.63, 3.8) is 0 Å². The number of hydrogen-bond donors (Lipinski definition) is 3. The Hall–Kier alpha value is -2.82. The van der Waals surface area contributed by atoms with Gasteiger partial charge in [0.2, 0.25) is 17.7 Å². The lowest BCUT2D eigenvalue weighted by molar-refractivity contribution is -0.138. The molecular weight excluding hydrogens is 592 g/mol. The first-order chi connectivity index (χ1) is 19.9. The molecule has 2 saturated carbocycles. The summed E-state index contributed by atoms with van der Waals surface area (Å²) >= 11 is 12.5. The molecule has 0 bridgehead atoms. The Morgan fingerprint density at radius 2 is 1.79 bits per heavy atom. The lowest BCUT2D eigenvalue weighted by Crippen LogP contribution is -2.70. The van der Waals surface area contributed by atoms with E-state index in [1.165, 1.54) is 17.0 Å². The Labute approximate surface area is 251 Å². The molecular formula is C30H31Cl2F3N4O3. The summed E-state index contributed by atoms with van der Waals surface area (Å²) in [7, 11) is 3.34. The van der Waals surface area contributed by atoms with Crippen molar-refractivity contribution in [1.82, 2.24) is 15.5 Å². The van der Waals surface area contributed by atoms with Gasteiger partial charge in [-0.25, -0.2) is 4.39 Å². The van der Waals surface area contributed by atoms with Crippen molar-refractivity contribution in [1.29, 1.82) is 0 Å². The minimum atomic E-state index is -1.61. The van der Waals surface area contributed by atoms with Crippen LogP contribution < -0.4 is 16.0 Å². The van der Waals surface area contributed by atoms with Gasteiger partial charge in [0.15, 0.2) is 0 Å². The highest BCUT2D eigenvalue weighted by atomic mass is 35.5. The van der Waals surface area contributed by atoms with E-state index in [2.05, 4.69) is 16.0 Å². The van der Waals surface area contributed by atoms with Gasteiger partial charge in [-0.15, -0.1) is 0 Å². The Kier molecular flexibility index (Phi) is 7.06. The molecule has 42 heavy (non-hydrogen) atoms. The third-order valence-electron chi connectivity index (χ3n) is 9.79. The molecule has 2 aromatic rings. The Morgan fingerprint density at radius 3 is 2.43 bits per heavy atom. The molecule has 2 aromatic carbocycles. The first kappa shape index (κ1) is 29.3. The van der Waals surface area contributed by atoms with E-state index in [4.69, 9.17) is 23.2 Å². The first-order valence-electron chi connectivity index (χ1n) is 13.9. The SMILES string of the molecule is CN(C)C(=O)[C@H]1C[C@H](NC(=O)[C@@H]2NC3(CC(CF)(CF)C3)C3(C(=O)Nc4cc(Cl)ccc43)[C@H]2c2cccc(Cl)c2F)C1. The second-order valence-electron chi connectivity index (χ2n) is 12.5. The molecule has 1 saturated heterocycles. The molecule has 2 spiro atoms. The molecule has 4 aliphatic rings. The maximum Gasteiger partial charge on any atom is 0.238 e. The van der Waals surface area contributed by atoms with E-state index in [1.807, 2.05) is 0 Å². The second-order valence-corrected chi connectivity index (χ2v) is 13.3. The van der Waals surface area contributed by atoms with E-state index in [0.29, 0.717) is 29.1 Å². The number of anilines is 1. The van der Waals surface area contributed by atoms with Crippen LogP contribution in [0.25, 0.3) is 0 Å². The molecule has 3 amide bonds. The zero-order chi connectivity index (χ0) is 30.2. The van der Waals surface area contributed by atoms with Gasteiger partial charge < -0.3 is 15.5 Å². The maximum absolute atomic E-state index is 15.9. The van der Waals surface area contributed by atoms with Gasteiger partial charge in [0, 0.05) is 53.6 Å². The van der Waals surface area contributed by atoms with E-state index >= 15 is 4.39 Å². The average Bonchev–Trinajstić information content (AvgIpc) is 3.38. The summed E-state index contributed by atoms with van der Waals surface area (Å²) in [5.74, 6) is -3.17. The van der Waals surface area contributed by atoms with Crippen LogP contribution in [0.2, 0.25) is 10.0 Å². The molecule has 3 atom stereocenters. The third kappa shape index (κ3) is 4.01. The fourth-order valence-corrected chi connectivity index (χ4v) is 8.31. The summed E-state index contributed by atoms with van der Waals surface area (Å²) in [6, 6.07) is 7.77. The fraction of sp³-hybridized carbons (Fsp3) is 0.500. The van der Waals surface area contributed by atoms with Crippen molar-refractivity contribution in [3.8, 4) is 0 Å². The van der Waals surface area contributed by atoms with E-state index in [1.54, 1.807) is 38.4 Å². The number of nitrogens with zero attached hydrogens (tertiary/aromatic N) is 1. The number of fused-ring (bicyclic) bond motifs is 3. The van der Waals surface area contributed by atoms with Crippen molar-refractivity contribution in [2.24, 2.45) is 11.3 Å². The first-order valence-corrected chi connectivity index (χ1v) is 14.6. The number of rotatable bonds is 6. The minimum absolute atomic E-state index is 0.0302. The van der Waals surface area contributed by atoms with Crippen LogP contribution >= 0.6 is 23.2 Å². The number of carbonyl (C=O) groups is 3. The largest absolute Gasteiger partial charge is 0.352 e. The number of carbonyl (C=O) groups excluding carboxylic acids is 3. The number of amides is 3. The van der Waals surface area contributed by atoms with Crippen LogP contribution in [-0.4, -0.2) is 67.7 Å². The number of nitrogens with one attached hydrogen (secondary N) is 3. The van der Waals surface area contributed by atoms with Gasteiger partial charge in [-0.2, -0.15) is 0 Å². The summed E-state index contributed by atoms with van der Waals surface area (Å²) < 4.78 is 44.4. The summed E-state index contributed by atoms with van der Waals surface area (Å²) in [5, 5.41) is 9.33. The van der Waals surface area contributed by atoms with Gasteiger partial charge in [0.1, 0.15) is 11.2 Å². The summed E-state index contributed by atoms with van der Waals surface area (Å²) in [6.45, 7) is -1.90. The molecule has 6 rings (SSSR count). The van der Waals surface area contributed by atoms with Crippen LogP contribution in [0.4, 0.5) is 18.9 Å². The van der Waals surface area contributed by atoms with Gasteiger partial charge in [-0.1, -0.05) is 41.4 Å². The summed E-state index contributed by atoms with van der Waals surface area (Å²) in [4.78, 5) is 42.2. The van der Waals surface area contributed by atoms with E-state index in [0.717, 1.165) is 0 Å². The van der Waals surface area contributed by atoms with Gasteiger partial charge in [0.25, 0.3) is 0 Å². The van der Waals surface area contributed by atoms with Crippen molar-refractivity contribution in [2.75, 3.05) is 32.8 Å². The Bertz CT molecular complexity index is 1470. The predicted octanol–water partition coefficient (Wildman–Crippen LogP) is 4.52. The average molecular weight is 624 g/mol. The summed E-state index contributed by atoms with van der Waals surface area (Å²) in [5.41, 5.74) is -3.33. The van der Waals surface area contributed by atoms with Crippen LogP contribution in [-0.2, 0) is 19.8 Å². The molecule has 1 unspecified atom stereocenters. The van der Waals surface area contributed by atoms with Crippen LogP contribution in [0.3, 0.4) is 0 Å². The van der Waals surface area contributed by atoms with E-state index in [-0.39, 0.29) is 41.3 Å². The minimum Gasteiger partial charge on any atom is -0.352 e. The lowest BCUT2D eigenvalue weighted by Gasteiger charge is -2.59. The predicted molar refractivity (Wildman–Crippen MR) is 153 cm³/mol. The Balaban J connectivity index is 1.47. The Morgan fingerprint density at radius 1 is 1.10 bits per heavy atom. The summed E-state index contributed by atoms with van der Waals surface area (Å²) in [6.07, 6.45) is 0.703. The molecule has 3 N–H and O–H groups in total. The molecule has 224 valence electrons. The third-order valence-corrected chi connectivity index (χ3v) is 10.3. The molecule has 0 radical (unpaired) electrons.